The predicted molar refractivity (Wildman–Crippen MR) is 109 cm³/mol. The van der Waals surface area contributed by atoms with Crippen LogP contribution < -0.4 is 10.2 Å². The fourth-order valence-electron chi connectivity index (χ4n) is 2.91. The summed E-state index contributed by atoms with van der Waals surface area (Å²) in [7, 11) is 0. The lowest BCUT2D eigenvalue weighted by atomic mass is 10.1. The molecular weight excluding hydrogens is 398 g/mol. The average molecular weight is 416 g/mol. The normalized spacial score (nSPS) is 14.2. The van der Waals surface area contributed by atoms with E-state index in [1.54, 1.807) is 24.3 Å². The highest BCUT2D eigenvalue weighted by Crippen LogP contribution is 2.40. The molecule has 0 fully saturated rings. The monoisotopic (exact) mass is 416 g/mol. The molecule has 1 heterocycles. The minimum atomic E-state index is -0.871. The van der Waals surface area contributed by atoms with E-state index in [4.69, 9.17) is 0 Å². The third-order valence-electron chi connectivity index (χ3n) is 4.04. The Morgan fingerprint density at radius 2 is 1.69 bits per heavy atom. The van der Waals surface area contributed by atoms with Gasteiger partial charge in [-0.05, 0) is 29.8 Å². The summed E-state index contributed by atoms with van der Waals surface area (Å²) in [5.74, 6) is -3.29. The van der Waals surface area contributed by atoms with E-state index in [0.29, 0.717) is 16.2 Å². The van der Waals surface area contributed by atoms with Crippen LogP contribution in [0.5, 0.6) is 0 Å². The van der Waals surface area contributed by atoms with Crippen LogP contribution in [0.3, 0.4) is 0 Å². The third-order valence-corrected chi connectivity index (χ3v) is 5.12. The average Bonchev–Trinajstić information content (AvgIpc) is 2.87. The molecular formula is C21H18F2N2O3S. The van der Waals surface area contributed by atoms with Gasteiger partial charge >= 0.3 is 0 Å². The number of rotatable bonds is 5. The highest BCUT2D eigenvalue weighted by atomic mass is 32.2. The van der Waals surface area contributed by atoms with Crippen molar-refractivity contribution in [2.24, 2.45) is 0 Å². The molecule has 29 heavy (non-hydrogen) atoms. The first-order valence-electron chi connectivity index (χ1n) is 8.82. The number of halogens is 2. The van der Waals surface area contributed by atoms with E-state index < -0.39 is 29.1 Å². The SMILES string of the molecule is CC(=O)Nc1ccc(C2=C(SC(C)C)C(=O)N(c3cc(F)ccc3F)C2=O)cc1. The van der Waals surface area contributed by atoms with Crippen LogP contribution in [0.15, 0.2) is 47.4 Å². The quantitative estimate of drug-likeness (QED) is 0.736. The molecule has 3 amide bonds. The topological polar surface area (TPSA) is 66.5 Å². The Balaban J connectivity index is 2.07. The van der Waals surface area contributed by atoms with Gasteiger partial charge in [-0.2, -0.15) is 0 Å². The van der Waals surface area contributed by atoms with Crippen molar-refractivity contribution in [3.8, 4) is 0 Å². The number of amides is 3. The van der Waals surface area contributed by atoms with Crippen LogP contribution in [0.2, 0.25) is 0 Å². The van der Waals surface area contributed by atoms with Crippen LogP contribution in [0.25, 0.3) is 5.57 Å². The van der Waals surface area contributed by atoms with Crippen LogP contribution in [-0.4, -0.2) is 23.0 Å². The second-order valence-corrected chi connectivity index (χ2v) is 8.26. The van der Waals surface area contributed by atoms with Crippen LogP contribution >= 0.6 is 11.8 Å². The van der Waals surface area contributed by atoms with Crippen molar-refractivity contribution >= 4 is 46.4 Å². The number of nitrogens with one attached hydrogen (secondary N) is 1. The number of carbonyl (C=O) groups excluding carboxylic acids is 3. The summed E-state index contributed by atoms with van der Waals surface area (Å²) in [6.45, 7) is 5.09. The Morgan fingerprint density at radius 1 is 1.03 bits per heavy atom. The molecule has 0 saturated heterocycles. The molecule has 2 aromatic rings. The Labute approximate surface area is 170 Å². The zero-order valence-electron chi connectivity index (χ0n) is 16.0. The van der Waals surface area contributed by atoms with E-state index >= 15 is 0 Å². The fraction of sp³-hybridized carbons (Fsp3) is 0.190. The minimum Gasteiger partial charge on any atom is -0.326 e. The van der Waals surface area contributed by atoms with E-state index in [1.807, 2.05) is 13.8 Å². The molecule has 0 aromatic heterocycles. The summed E-state index contributed by atoms with van der Waals surface area (Å²) < 4.78 is 27.9. The number of nitrogens with zero attached hydrogens (tertiary/aromatic N) is 1. The third kappa shape index (κ3) is 4.22. The van der Waals surface area contributed by atoms with Crippen molar-refractivity contribution in [3.63, 3.8) is 0 Å². The number of hydrogen-bond donors (Lipinski definition) is 1. The van der Waals surface area contributed by atoms with Gasteiger partial charge in [-0.25, -0.2) is 13.7 Å². The highest BCUT2D eigenvalue weighted by Gasteiger charge is 2.41. The number of hydrogen-bond acceptors (Lipinski definition) is 4. The van der Waals surface area contributed by atoms with E-state index in [1.165, 1.54) is 18.7 Å². The van der Waals surface area contributed by atoms with Crippen molar-refractivity contribution in [1.29, 1.82) is 0 Å². The van der Waals surface area contributed by atoms with Gasteiger partial charge in [-0.15, -0.1) is 11.8 Å². The molecule has 1 aliphatic heterocycles. The summed E-state index contributed by atoms with van der Waals surface area (Å²) in [5, 5.41) is 2.60. The molecule has 0 aliphatic carbocycles. The minimum absolute atomic E-state index is 0.0206. The number of anilines is 2. The Kier molecular flexibility index (Phi) is 5.83. The molecule has 1 N–H and O–H groups in total. The molecule has 3 rings (SSSR count). The van der Waals surface area contributed by atoms with Gasteiger partial charge in [0.2, 0.25) is 5.91 Å². The lowest BCUT2D eigenvalue weighted by Gasteiger charge is -2.16. The molecule has 0 unspecified atom stereocenters. The number of carbonyl (C=O) groups is 3. The summed E-state index contributed by atoms with van der Waals surface area (Å²) in [6.07, 6.45) is 0. The number of imide groups is 1. The van der Waals surface area contributed by atoms with Gasteiger partial charge in [0.05, 0.1) is 16.2 Å². The van der Waals surface area contributed by atoms with E-state index in [0.717, 1.165) is 18.2 Å². The van der Waals surface area contributed by atoms with E-state index in [-0.39, 0.29) is 21.6 Å². The van der Waals surface area contributed by atoms with Gasteiger partial charge < -0.3 is 5.32 Å². The largest absolute Gasteiger partial charge is 0.326 e. The molecule has 0 atom stereocenters. The van der Waals surface area contributed by atoms with Gasteiger partial charge in [-0.3, -0.25) is 14.4 Å². The standard InChI is InChI=1S/C21H18F2N2O3S/c1-11(2)29-19-18(13-4-7-15(8-5-13)24-12(3)26)20(27)25(21(19)28)17-10-14(22)6-9-16(17)23/h4-11H,1-3H3,(H,24,26). The molecule has 2 aromatic carbocycles. The zero-order chi connectivity index (χ0) is 21.3. The second-order valence-electron chi connectivity index (χ2n) is 6.67. The summed E-state index contributed by atoms with van der Waals surface area (Å²) in [4.78, 5) is 38.1. The summed E-state index contributed by atoms with van der Waals surface area (Å²) in [6, 6.07) is 9.01. The van der Waals surface area contributed by atoms with Gasteiger partial charge in [0.25, 0.3) is 11.8 Å². The van der Waals surface area contributed by atoms with Gasteiger partial charge in [-0.1, -0.05) is 26.0 Å². The molecule has 8 heteroatoms. The molecule has 0 spiro atoms. The molecule has 0 bridgehead atoms. The first kappa shape index (κ1) is 20.7. The lowest BCUT2D eigenvalue weighted by Crippen LogP contribution is -2.32. The van der Waals surface area contributed by atoms with Gasteiger partial charge in [0.15, 0.2) is 0 Å². The van der Waals surface area contributed by atoms with E-state index in [2.05, 4.69) is 5.32 Å². The van der Waals surface area contributed by atoms with Crippen LogP contribution in [0.1, 0.15) is 26.3 Å². The van der Waals surface area contributed by atoms with Crippen molar-refractivity contribution in [2.45, 2.75) is 26.0 Å². The van der Waals surface area contributed by atoms with Crippen LogP contribution in [-0.2, 0) is 14.4 Å². The summed E-state index contributed by atoms with van der Waals surface area (Å²) in [5.41, 5.74) is 0.670. The molecule has 0 saturated carbocycles. The second kappa shape index (κ2) is 8.16. The Morgan fingerprint density at radius 3 is 2.28 bits per heavy atom. The molecule has 0 radical (unpaired) electrons. The smallest absolute Gasteiger partial charge is 0.272 e. The van der Waals surface area contributed by atoms with E-state index in [9.17, 15) is 23.2 Å². The van der Waals surface area contributed by atoms with Crippen molar-refractivity contribution in [1.82, 2.24) is 0 Å². The lowest BCUT2D eigenvalue weighted by molar-refractivity contribution is -0.120. The van der Waals surface area contributed by atoms with Crippen LogP contribution in [0.4, 0.5) is 20.2 Å². The maximum atomic E-state index is 14.3. The van der Waals surface area contributed by atoms with Crippen LogP contribution in [0, 0.1) is 11.6 Å². The maximum Gasteiger partial charge on any atom is 0.272 e. The number of thioether (sulfide) groups is 1. The van der Waals surface area contributed by atoms with Gasteiger partial charge in [0.1, 0.15) is 11.6 Å². The van der Waals surface area contributed by atoms with Gasteiger partial charge in [0, 0.05) is 23.9 Å². The first-order valence-corrected chi connectivity index (χ1v) is 9.69. The van der Waals surface area contributed by atoms with Crippen molar-refractivity contribution in [3.05, 3.63) is 64.6 Å². The fourth-order valence-corrected chi connectivity index (χ4v) is 3.90. The van der Waals surface area contributed by atoms with Crippen molar-refractivity contribution in [2.75, 3.05) is 10.2 Å². The predicted octanol–water partition coefficient (Wildman–Crippen LogP) is 4.35. The van der Waals surface area contributed by atoms with Crippen molar-refractivity contribution < 1.29 is 23.2 Å². The maximum absolute atomic E-state index is 14.3. The molecule has 150 valence electrons. The summed E-state index contributed by atoms with van der Waals surface area (Å²) >= 11 is 1.18. The zero-order valence-corrected chi connectivity index (χ0v) is 16.8. The Hall–Kier alpha value is -3.00. The number of benzene rings is 2. The molecule has 1 aliphatic rings. The highest BCUT2D eigenvalue weighted by molar-refractivity contribution is 8.04. The first-order chi connectivity index (χ1) is 13.7. The Bertz CT molecular complexity index is 1030. The molecule has 5 nitrogen and oxygen atoms in total.